The first-order valence-corrected chi connectivity index (χ1v) is 6.79. The first-order valence-electron chi connectivity index (χ1n) is 5.35. The molecule has 1 aliphatic rings. The van der Waals surface area contributed by atoms with E-state index in [4.69, 9.17) is 10.5 Å². The highest BCUT2D eigenvalue weighted by atomic mass is 32.2. The van der Waals surface area contributed by atoms with Crippen LogP contribution in [0.3, 0.4) is 0 Å². The molecule has 1 aliphatic heterocycles. The number of aryl methyl sites for hydroxylation is 1. The van der Waals surface area contributed by atoms with Crippen molar-refractivity contribution >= 4 is 10.0 Å². The van der Waals surface area contributed by atoms with Crippen LogP contribution in [0, 0.1) is 0 Å². The Morgan fingerprint density at radius 1 is 1.65 bits per heavy atom. The molecule has 1 aromatic rings. The minimum Gasteiger partial charge on any atom is -0.378 e. The number of hydrogen-bond donors (Lipinski definition) is 1. The first-order chi connectivity index (χ1) is 8.07. The number of ether oxygens (including phenoxy) is 1. The zero-order valence-corrected chi connectivity index (χ0v) is 10.4. The normalized spacial score (nSPS) is 22.8. The smallest absolute Gasteiger partial charge is 0.260 e. The minimum atomic E-state index is -3.54. The Morgan fingerprint density at radius 2 is 2.41 bits per heavy atom. The number of rotatable bonds is 3. The Hall–Kier alpha value is -0.960. The standard InChI is InChI=1S/C9H16N4O3S/c1-12-9(2-3-11-12)17(14,15)13-4-5-16-7-8(13)6-10/h2-3,8H,4-7,10H2,1H3. The van der Waals surface area contributed by atoms with Gasteiger partial charge in [0.15, 0.2) is 5.03 Å². The summed E-state index contributed by atoms with van der Waals surface area (Å²) < 4.78 is 32.8. The van der Waals surface area contributed by atoms with Gasteiger partial charge in [-0.3, -0.25) is 4.68 Å². The second-order valence-corrected chi connectivity index (χ2v) is 5.71. The molecule has 1 fully saturated rings. The van der Waals surface area contributed by atoms with Gasteiger partial charge in [0.25, 0.3) is 10.0 Å². The van der Waals surface area contributed by atoms with Gasteiger partial charge in [-0.25, -0.2) is 8.42 Å². The average Bonchev–Trinajstić information content (AvgIpc) is 2.76. The molecule has 0 bridgehead atoms. The monoisotopic (exact) mass is 260 g/mol. The van der Waals surface area contributed by atoms with Gasteiger partial charge in [-0.2, -0.15) is 9.40 Å². The molecule has 96 valence electrons. The summed E-state index contributed by atoms with van der Waals surface area (Å²) >= 11 is 0. The van der Waals surface area contributed by atoms with Crippen LogP contribution in [0.1, 0.15) is 0 Å². The quantitative estimate of drug-likeness (QED) is 0.734. The summed E-state index contributed by atoms with van der Waals surface area (Å²) in [5.74, 6) is 0. The van der Waals surface area contributed by atoms with Crippen molar-refractivity contribution in [2.24, 2.45) is 12.8 Å². The number of nitrogens with two attached hydrogens (primary N) is 1. The molecular weight excluding hydrogens is 244 g/mol. The maximum Gasteiger partial charge on any atom is 0.260 e. The lowest BCUT2D eigenvalue weighted by atomic mass is 10.3. The molecule has 2 N–H and O–H groups in total. The maximum absolute atomic E-state index is 12.4. The van der Waals surface area contributed by atoms with E-state index >= 15 is 0 Å². The predicted octanol–water partition coefficient (Wildman–Crippen LogP) is -1.23. The number of aromatic nitrogens is 2. The summed E-state index contributed by atoms with van der Waals surface area (Å²) in [7, 11) is -1.93. The van der Waals surface area contributed by atoms with Crippen molar-refractivity contribution in [1.29, 1.82) is 0 Å². The van der Waals surface area contributed by atoms with Crippen molar-refractivity contribution in [3.05, 3.63) is 12.3 Å². The van der Waals surface area contributed by atoms with E-state index in [0.29, 0.717) is 19.8 Å². The molecule has 1 unspecified atom stereocenters. The summed E-state index contributed by atoms with van der Waals surface area (Å²) in [6.07, 6.45) is 1.46. The molecule has 0 radical (unpaired) electrons. The van der Waals surface area contributed by atoms with E-state index in [1.807, 2.05) is 0 Å². The minimum absolute atomic E-state index is 0.179. The molecule has 0 spiro atoms. The molecule has 0 saturated carbocycles. The van der Waals surface area contributed by atoms with Crippen molar-refractivity contribution in [2.75, 3.05) is 26.3 Å². The highest BCUT2D eigenvalue weighted by molar-refractivity contribution is 7.89. The van der Waals surface area contributed by atoms with Crippen LogP contribution in [0.25, 0.3) is 0 Å². The lowest BCUT2D eigenvalue weighted by molar-refractivity contribution is 0.0356. The van der Waals surface area contributed by atoms with E-state index < -0.39 is 10.0 Å². The molecule has 0 aromatic carbocycles. The van der Waals surface area contributed by atoms with E-state index in [1.54, 1.807) is 7.05 Å². The van der Waals surface area contributed by atoms with Crippen molar-refractivity contribution < 1.29 is 13.2 Å². The Labute approximate surface area is 100 Å². The molecule has 7 nitrogen and oxygen atoms in total. The molecule has 8 heteroatoms. The average molecular weight is 260 g/mol. The van der Waals surface area contributed by atoms with Gasteiger partial charge in [0, 0.05) is 20.1 Å². The number of hydrogen-bond acceptors (Lipinski definition) is 5. The van der Waals surface area contributed by atoms with Crippen molar-refractivity contribution in [1.82, 2.24) is 14.1 Å². The molecule has 1 saturated heterocycles. The van der Waals surface area contributed by atoms with Gasteiger partial charge < -0.3 is 10.5 Å². The van der Waals surface area contributed by atoms with Crippen molar-refractivity contribution in [2.45, 2.75) is 11.1 Å². The van der Waals surface area contributed by atoms with Gasteiger partial charge in [0.2, 0.25) is 0 Å². The fourth-order valence-corrected chi connectivity index (χ4v) is 3.59. The van der Waals surface area contributed by atoms with Crippen LogP contribution in [0.2, 0.25) is 0 Å². The van der Waals surface area contributed by atoms with Gasteiger partial charge in [-0.05, 0) is 6.07 Å². The summed E-state index contributed by atoms with van der Waals surface area (Å²) in [5, 5.41) is 4.06. The van der Waals surface area contributed by atoms with Crippen molar-refractivity contribution in [3.63, 3.8) is 0 Å². The van der Waals surface area contributed by atoms with Gasteiger partial charge in [0.1, 0.15) is 0 Å². The van der Waals surface area contributed by atoms with Crippen LogP contribution in [0.5, 0.6) is 0 Å². The lowest BCUT2D eigenvalue weighted by Crippen LogP contribution is -2.52. The fraction of sp³-hybridized carbons (Fsp3) is 0.667. The lowest BCUT2D eigenvalue weighted by Gasteiger charge is -2.33. The number of sulfonamides is 1. The molecule has 0 aliphatic carbocycles. The molecule has 17 heavy (non-hydrogen) atoms. The molecule has 1 aromatic heterocycles. The van der Waals surface area contributed by atoms with E-state index in [9.17, 15) is 8.42 Å². The topological polar surface area (TPSA) is 90.5 Å². The van der Waals surface area contributed by atoms with E-state index in [-0.39, 0.29) is 17.6 Å². The third kappa shape index (κ3) is 2.21. The summed E-state index contributed by atoms with van der Waals surface area (Å²) in [5.41, 5.74) is 5.57. The second kappa shape index (κ2) is 4.73. The van der Waals surface area contributed by atoms with Gasteiger partial charge in [0.05, 0.1) is 25.5 Å². The molecule has 2 rings (SSSR count). The van der Waals surface area contributed by atoms with E-state index in [0.717, 1.165) is 0 Å². The van der Waals surface area contributed by atoms with Gasteiger partial charge in [-0.1, -0.05) is 0 Å². The first kappa shape index (κ1) is 12.5. The third-order valence-electron chi connectivity index (χ3n) is 2.79. The summed E-state index contributed by atoms with van der Waals surface area (Å²) in [6.45, 7) is 1.31. The molecular formula is C9H16N4O3S. The third-order valence-corrected chi connectivity index (χ3v) is 4.82. The molecule has 0 amide bonds. The fourth-order valence-electron chi connectivity index (χ4n) is 1.88. The highest BCUT2D eigenvalue weighted by Gasteiger charge is 2.34. The summed E-state index contributed by atoms with van der Waals surface area (Å²) in [6, 6.07) is 1.18. The Bertz CT molecular complexity index is 484. The Kier molecular flexibility index (Phi) is 3.48. The Morgan fingerprint density at radius 3 is 3.00 bits per heavy atom. The van der Waals surface area contributed by atoms with Crippen LogP contribution in [-0.2, 0) is 21.8 Å². The van der Waals surface area contributed by atoms with Crippen LogP contribution in [0.15, 0.2) is 17.3 Å². The number of nitrogens with zero attached hydrogens (tertiary/aromatic N) is 3. The predicted molar refractivity (Wildman–Crippen MR) is 60.8 cm³/mol. The molecule has 2 heterocycles. The van der Waals surface area contributed by atoms with Crippen LogP contribution < -0.4 is 5.73 Å². The largest absolute Gasteiger partial charge is 0.378 e. The van der Waals surface area contributed by atoms with Gasteiger partial charge in [-0.15, -0.1) is 0 Å². The van der Waals surface area contributed by atoms with Crippen LogP contribution >= 0.6 is 0 Å². The Balaban J connectivity index is 2.34. The van der Waals surface area contributed by atoms with Crippen LogP contribution in [0.4, 0.5) is 0 Å². The summed E-state index contributed by atoms with van der Waals surface area (Å²) in [4.78, 5) is 0. The van der Waals surface area contributed by atoms with E-state index in [2.05, 4.69) is 5.10 Å². The second-order valence-electron chi connectivity index (χ2n) is 3.87. The zero-order valence-electron chi connectivity index (χ0n) is 9.61. The highest BCUT2D eigenvalue weighted by Crippen LogP contribution is 2.19. The zero-order chi connectivity index (χ0) is 12.5. The number of morpholine rings is 1. The van der Waals surface area contributed by atoms with Gasteiger partial charge >= 0.3 is 0 Å². The van der Waals surface area contributed by atoms with Crippen molar-refractivity contribution in [3.8, 4) is 0 Å². The van der Waals surface area contributed by atoms with E-state index in [1.165, 1.54) is 21.3 Å². The maximum atomic E-state index is 12.4. The molecule has 1 atom stereocenters. The SMILES string of the molecule is Cn1nccc1S(=O)(=O)N1CCOCC1CN. The van der Waals surface area contributed by atoms with Crippen LogP contribution in [-0.4, -0.2) is 54.8 Å².